The van der Waals surface area contributed by atoms with Gasteiger partial charge >= 0.3 is 0 Å². The van der Waals surface area contributed by atoms with E-state index in [2.05, 4.69) is 76.6 Å². The first-order chi connectivity index (χ1) is 8.82. The molecule has 0 amide bonds. The standard InChI is InChI=1S/C18H24S/c1-13-7-9-17(11-15(13)3)19(5,6)18-10-8-14(2)16(4)12-18/h7-12H,1-6H3. The van der Waals surface area contributed by atoms with Crippen molar-refractivity contribution in [2.24, 2.45) is 0 Å². The minimum atomic E-state index is -0.918. The van der Waals surface area contributed by atoms with E-state index in [4.69, 9.17) is 0 Å². The van der Waals surface area contributed by atoms with Crippen LogP contribution in [-0.4, -0.2) is 12.5 Å². The van der Waals surface area contributed by atoms with Crippen molar-refractivity contribution in [3.05, 3.63) is 58.7 Å². The minimum absolute atomic E-state index is 0.918. The molecule has 19 heavy (non-hydrogen) atoms. The zero-order valence-corrected chi connectivity index (χ0v) is 13.7. The molecule has 1 heteroatoms. The fraction of sp³-hybridized carbons (Fsp3) is 0.333. The lowest BCUT2D eigenvalue weighted by molar-refractivity contribution is 1.24. The summed E-state index contributed by atoms with van der Waals surface area (Å²) in [5, 5.41) is 0. The van der Waals surface area contributed by atoms with Crippen LogP contribution >= 0.6 is 10.0 Å². The molecule has 0 spiro atoms. The molecule has 0 bridgehead atoms. The van der Waals surface area contributed by atoms with Gasteiger partial charge in [-0.05, 0) is 96.5 Å². The minimum Gasteiger partial charge on any atom is -0.194 e. The van der Waals surface area contributed by atoms with Gasteiger partial charge in [0.15, 0.2) is 0 Å². The molecule has 0 aliphatic rings. The van der Waals surface area contributed by atoms with Crippen molar-refractivity contribution in [1.82, 2.24) is 0 Å². The summed E-state index contributed by atoms with van der Waals surface area (Å²) in [5.41, 5.74) is 5.53. The molecular formula is C18H24S. The average molecular weight is 272 g/mol. The fourth-order valence-electron chi connectivity index (χ4n) is 2.20. The highest BCUT2D eigenvalue weighted by Crippen LogP contribution is 2.56. The first-order valence-corrected chi connectivity index (χ1v) is 9.15. The molecule has 0 unspecified atom stereocenters. The van der Waals surface area contributed by atoms with E-state index in [9.17, 15) is 0 Å². The van der Waals surface area contributed by atoms with Gasteiger partial charge in [-0.2, -0.15) is 10.0 Å². The first-order valence-electron chi connectivity index (χ1n) is 6.70. The molecule has 0 saturated carbocycles. The normalized spacial score (nSPS) is 12.5. The maximum Gasteiger partial charge on any atom is -0.00613 e. The molecule has 2 aromatic rings. The Hall–Kier alpha value is -1.21. The molecular weight excluding hydrogens is 248 g/mol. The van der Waals surface area contributed by atoms with Crippen LogP contribution in [0.15, 0.2) is 46.2 Å². The van der Waals surface area contributed by atoms with Crippen molar-refractivity contribution in [3.63, 3.8) is 0 Å². The molecule has 0 aliphatic carbocycles. The molecule has 102 valence electrons. The van der Waals surface area contributed by atoms with Crippen molar-refractivity contribution in [3.8, 4) is 0 Å². The van der Waals surface area contributed by atoms with Gasteiger partial charge in [0.2, 0.25) is 0 Å². The third-order valence-corrected chi connectivity index (χ3v) is 7.00. The summed E-state index contributed by atoms with van der Waals surface area (Å²) in [6.45, 7) is 8.76. The predicted molar refractivity (Wildman–Crippen MR) is 87.8 cm³/mol. The SMILES string of the molecule is Cc1ccc(S(C)(C)c2ccc(C)c(C)c2)cc1C. The van der Waals surface area contributed by atoms with Crippen LogP contribution in [0, 0.1) is 27.7 Å². The van der Waals surface area contributed by atoms with Crippen LogP contribution in [0.4, 0.5) is 0 Å². The van der Waals surface area contributed by atoms with Gasteiger partial charge < -0.3 is 0 Å². The van der Waals surface area contributed by atoms with Crippen molar-refractivity contribution >= 4 is 10.0 Å². The summed E-state index contributed by atoms with van der Waals surface area (Å²) >= 11 is 0. The van der Waals surface area contributed by atoms with E-state index in [1.807, 2.05) is 0 Å². The van der Waals surface area contributed by atoms with Gasteiger partial charge in [0.1, 0.15) is 0 Å². The highest BCUT2D eigenvalue weighted by Gasteiger charge is 2.18. The summed E-state index contributed by atoms with van der Waals surface area (Å²) in [6, 6.07) is 13.8. The highest BCUT2D eigenvalue weighted by molar-refractivity contribution is 8.32. The molecule has 0 fully saturated rings. The van der Waals surface area contributed by atoms with Crippen LogP contribution in [0.1, 0.15) is 22.3 Å². The molecule has 0 radical (unpaired) electrons. The maximum absolute atomic E-state index is 2.39. The van der Waals surface area contributed by atoms with Crippen molar-refractivity contribution in [2.45, 2.75) is 37.5 Å². The van der Waals surface area contributed by atoms with Crippen molar-refractivity contribution < 1.29 is 0 Å². The second kappa shape index (κ2) is 5.05. The molecule has 0 atom stereocenters. The van der Waals surface area contributed by atoms with Gasteiger partial charge in [0.05, 0.1) is 0 Å². The molecule has 0 aromatic heterocycles. The summed E-state index contributed by atoms with van der Waals surface area (Å²) in [6.07, 6.45) is 4.78. The summed E-state index contributed by atoms with van der Waals surface area (Å²) in [7, 11) is -0.918. The second-order valence-corrected chi connectivity index (χ2v) is 9.42. The first kappa shape index (κ1) is 14.2. The van der Waals surface area contributed by atoms with Crippen LogP contribution in [0.25, 0.3) is 0 Å². The second-order valence-electron chi connectivity index (χ2n) is 5.82. The van der Waals surface area contributed by atoms with E-state index in [-0.39, 0.29) is 0 Å². The van der Waals surface area contributed by atoms with Crippen LogP contribution < -0.4 is 0 Å². The monoisotopic (exact) mass is 272 g/mol. The van der Waals surface area contributed by atoms with E-state index < -0.39 is 10.0 Å². The smallest absolute Gasteiger partial charge is 0.00613 e. The van der Waals surface area contributed by atoms with Gasteiger partial charge in [-0.25, -0.2) is 0 Å². The molecule has 2 rings (SSSR count). The number of hydrogen-bond donors (Lipinski definition) is 0. The lowest BCUT2D eigenvalue weighted by Crippen LogP contribution is -1.99. The van der Waals surface area contributed by atoms with E-state index in [0.29, 0.717) is 0 Å². The third-order valence-electron chi connectivity index (χ3n) is 4.14. The summed E-state index contributed by atoms with van der Waals surface area (Å²) in [4.78, 5) is 2.94. The third kappa shape index (κ3) is 2.71. The van der Waals surface area contributed by atoms with Crippen LogP contribution in [0.3, 0.4) is 0 Å². The number of rotatable bonds is 2. The summed E-state index contributed by atoms with van der Waals surface area (Å²) in [5.74, 6) is 0. The highest BCUT2D eigenvalue weighted by atomic mass is 32.3. The van der Waals surface area contributed by atoms with E-state index >= 15 is 0 Å². The molecule has 0 N–H and O–H groups in total. The maximum atomic E-state index is 2.39. The van der Waals surface area contributed by atoms with Crippen LogP contribution in [0.5, 0.6) is 0 Å². The fourth-order valence-corrected chi connectivity index (χ4v) is 4.23. The zero-order valence-electron chi connectivity index (χ0n) is 12.9. The number of aryl methyl sites for hydroxylation is 4. The van der Waals surface area contributed by atoms with Gasteiger partial charge in [-0.1, -0.05) is 12.1 Å². The number of hydrogen-bond acceptors (Lipinski definition) is 0. The molecule has 0 heterocycles. The van der Waals surface area contributed by atoms with Crippen LogP contribution in [0.2, 0.25) is 0 Å². The number of benzene rings is 2. The predicted octanol–water partition coefficient (Wildman–Crippen LogP) is 5.40. The van der Waals surface area contributed by atoms with Crippen LogP contribution in [-0.2, 0) is 0 Å². The Morgan fingerprint density at radius 3 is 1.26 bits per heavy atom. The topological polar surface area (TPSA) is 0 Å². The van der Waals surface area contributed by atoms with Gasteiger partial charge in [0, 0.05) is 0 Å². The average Bonchev–Trinajstić information content (AvgIpc) is 2.35. The Balaban J connectivity index is 2.51. The molecule has 0 aliphatic heterocycles. The molecule has 0 saturated heterocycles. The Labute approximate surface area is 119 Å². The van der Waals surface area contributed by atoms with Crippen molar-refractivity contribution in [1.29, 1.82) is 0 Å². The van der Waals surface area contributed by atoms with Gasteiger partial charge in [-0.15, -0.1) is 0 Å². The summed E-state index contributed by atoms with van der Waals surface area (Å²) < 4.78 is 0. The Kier molecular flexibility index (Phi) is 3.78. The molecule has 2 aromatic carbocycles. The lowest BCUT2D eigenvalue weighted by Gasteiger charge is -2.33. The van der Waals surface area contributed by atoms with Gasteiger partial charge in [0.25, 0.3) is 0 Å². The van der Waals surface area contributed by atoms with E-state index in [1.165, 1.54) is 32.0 Å². The lowest BCUT2D eigenvalue weighted by atomic mass is 10.1. The quantitative estimate of drug-likeness (QED) is 0.686. The largest absolute Gasteiger partial charge is 0.194 e. The molecule has 0 nitrogen and oxygen atoms in total. The van der Waals surface area contributed by atoms with E-state index in [1.54, 1.807) is 0 Å². The van der Waals surface area contributed by atoms with Crippen molar-refractivity contribution in [2.75, 3.05) is 12.5 Å². The van der Waals surface area contributed by atoms with E-state index in [0.717, 1.165) is 0 Å². The Bertz CT molecular complexity index is 556. The Morgan fingerprint density at radius 1 is 0.579 bits per heavy atom. The zero-order chi connectivity index (χ0) is 14.2. The Morgan fingerprint density at radius 2 is 0.947 bits per heavy atom. The van der Waals surface area contributed by atoms with Gasteiger partial charge in [-0.3, -0.25) is 0 Å².